The maximum absolute atomic E-state index is 12.4. The Labute approximate surface area is 117 Å². The first-order valence-corrected chi connectivity index (χ1v) is 7.44. The van der Waals surface area contributed by atoms with Crippen molar-refractivity contribution < 1.29 is 22.7 Å². The van der Waals surface area contributed by atoms with E-state index in [1.165, 1.54) is 39.2 Å². The minimum absolute atomic E-state index is 0.0391. The molecule has 1 aromatic rings. The molecule has 1 aliphatic heterocycles. The molecule has 0 unspecified atom stereocenters. The van der Waals surface area contributed by atoms with Gasteiger partial charge in [-0.25, -0.2) is 13.2 Å². The molecule has 0 amide bonds. The fourth-order valence-corrected chi connectivity index (χ4v) is 3.66. The molecule has 0 fully saturated rings. The number of Topliss-reactive ketones (excluding diaryl/α,β-unsaturated/α-hetero) is 1. The van der Waals surface area contributed by atoms with Gasteiger partial charge in [0.15, 0.2) is 5.78 Å². The summed E-state index contributed by atoms with van der Waals surface area (Å²) in [6, 6.07) is 4.15. The molecule has 0 aromatic heterocycles. The van der Waals surface area contributed by atoms with Crippen molar-refractivity contribution in [1.29, 1.82) is 0 Å². The minimum atomic E-state index is -3.68. The highest BCUT2D eigenvalue weighted by molar-refractivity contribution is 7.95. The number of sulfone groups is 1. The van der Waals surface area contributed by atoms with Gasteiger partial charge in [0.05, 0.1) is 22.5 Å². The summed E-state index contributed by atoms with van der Waals surface area (Å²) in [5.41, 5.74) is 0.793. The van der Waals surface area contributed by atoms with E-state index in [9.17, 15) is 18.0 Å². The molecule has 0 saturated heterocycles. The van der Waals surface area contributed by atoms with Gasteiger partial charge in [-0.05, 0) is 37.6 Å². The maximum Gasteiger partial charge on any atom is 0.337 e. The Balaban J connectivity index is 2.70. The van der Waals surface area contributed by atoms with Crippen LogP contribution in [0.1, 0.15) is 29.8 Å². The van der Waals surface area contributed by atoms with E-state index >= 15 is 0 Å². The lowest BCUT2D eigenvalue weighted by molar-refractivity contribution is -0.114. The highest BCUT2D eigenvalue weighted by Gasteiger charge is 2.29. The first-order valence-electron chi connectivity index (χ1n) is 5.96. The number of ketones is 1. The Kier molecular flexibility index (Phi) is 3.52. The summed E-state index contributed by atoms with van der Waals surface area (Å²) in [4.78, 5) is 23.6. The van der Waals surface area contributed by atoms with E-state index in [2.05, 4.69) is 4.74 Å². The molecule has 2 rings (SSSR count). The zero-order valence-electron chi connectivity index (χ0n) is 11.4. The van der Waals surface area contributed by atoms with Crippen molar-refractivity contribution >= 4 is 21.6 Å². The number of ether oxygens (including phenoxy) is 1. The van der Waals surface area contributed by atoms with Gasteiger partial charge in [-0.1, -0.05) is 0 Å². The number of methoxy groups -OCH3 is 1. The second kappa shape index (κ2) is 4.86. The molecule has 0 radical (unpaired) electrons. The highest BCUT2D eigenvalue weighted by atomic mass is 32.2. The molecule has 1 heterocycles. The number of hydrogen-bond acceptors (Lipinski definition) is 5. The summed E-state index contributed by atoms with van der Waals surface area (Å²) in [7, 11) is -2.44. The van der Waals surface area contributed by atoms with Gasteiger partial charge in [-0.2, -0.15) is 0 Å². The van der Waals surface area contributed by atoms with Crippen LogP contribution in [0.3, 0.4) is 0 Å². The molecular formula is C14H14O5S. The van der Waals surface area contributed by atoms with Gasteiger partial charge in [0.25, 0.3) is 0 Å². The molecule has 5 nitrogen and oxygen atoms in total. The molecule has 106 valence electrons. The van der Waals surface area contributed by atoms with Gasteiger partial charge >= 0.3 is 5.97 Å². The largest absolute Gasteiger partial charge is 0.465 e. The van der Waals surface area contributed by atoms with Crippen LogP contribution in [0.25, 0.3) is 0 Å². The van der Waals surface area contributed by atoms with Crippen molar-refractivity contribution in [3.63, 3.8) is 0 Å². The fraction of sp³-hybridized carbons (Fsp3) is 0.286. The molecule has 0 atom stereocenters. The summed E-state index contributed by atoms with van der Waals surface area (Å²) >= 11 is 0. The number of rotatable bonds is 1. The quantitative estimate of drug-likeness (QED) is 0.736. The van der Waals surface area contributed by atoms with Crippen LogP contribution in [0.2, 0.25) is 0 Å². The zero-order chi connectivity index (χ0) is 15.1. The topological polar surface area (TPSA) is 77.5 Å². The summed E-state index contributed by atoms with van der Waals surface area (Å²) in [6.07, 6.45) is -0.0391. The summed E-state index contributed by atoms with van der Waals surface area (Å²) in [5, 5.41) is 0. The molecule has 0 aliphatic carbocycles. The Hall–Kier alpha value is -1.95. The van der Waals surface area contributed by atoms with Crippen LogP contribution >= 0.6 is 0 Å². The molecule has 20 heavy (non-hydrogen) atoms. The predicted octanol–water partition coefficient (Wildman–Crippen LogP) is 1.67. The molecule has 1 aliphatic rings. The number of hydrogen-bond donors (Lipinski definition) is 0. The SMILES string of the molecule is COC(=O)c1ccc2c(c1)CC(=O)C(C)=C(C)S2(=O)=O. The lowest BCUT2D eigenvalue weighted by Gasteiger charge is -2.08. The molecule has 0 saturated carbocycles. The van der Waals surface area contributed by atoms with Crippen molar-refractivity contribution in [3.8, 4) is 0 Å². The van der Waals surface area contributed by atoms with Gasteiger partial charge in [0, 0.05) is 12.0 Å². The lowest BCUT2D eigenvalue weighted by atomic mass is 10.0. The van der Waals surface area contributed by atoms with Crippen molar-refractivity contribution in [1.82, 2.24) is 0 Å². The van der Waals surface area contributed by atoms with Crippen LogP contribution in [0.5, 0.6) is 0 Å². The highest BCUT2D eigenvalue weighted by Crippen LogP contribution is 2.30. The van der Waals surface area contributed by atoms with Gasteiger partial charge < -0.3 is 4.74 Å². The minimum Gasteiger partial charge on any atom is -0.465 e. The number of fused-ring (bicyclic) bond motifs is 1. The molecule has 1 aromatic carbocycles. The van der Waals surface area contributed by atoms with Crippen LogP contribution in [0, 0.1) is 0 Å². The maximum atomic E-state index is 12.4. The van der Waals surface area contributed by atoms with Crippen LogP contribution in [-0.4, -0.2) is 27.3 Å². The zero-order valence-corrected chi connectivity index (χ0v) is 12.2. The Morgan fingerprint density at radius 1 is 1.25 bits per heavy atom. The number of benzene rings is 1. The van der Waals surface area contributed by atoms with Crippen LogP contribution in [0.4, 0.5) is 0 Å². The monoisotopic (exact) mass is 294 g/mol. The standard InChI is InChI=1S/C14H14O5S/c1-8-9(2)20(17,18)13-5-4-10(14(16)19-3)6-11(13)7-12(8)15/h4-6H,7H2,1-3H3. The van der Waals surface area contributed by atoms with E-state index < -0.39 is 15.8 Å². The van der Waals surface area contributed by atoms with Crippen LogP contribution in [0.15, 0.2) is 33.6 Å². The summed E-state index contributed by atoms with van der Waals surface area (Å²) < 4.78 is 29.4. The van der Waals surface area contributed by atoms with Gasteiger partial charge in [-0.3, -0.25) is 4.79 Å². The van der Waals surface area contributed by atoms with Crippen molar-refractivity contribution in [2.45, 2.75) is 25.2 Å². The average molecular weight is 294 g/mol. The Morgan fingerprint density at radius 2 is 1.90 bits per heavy atom. The second-order valence-corrected chi connectivity index (χ2v) is 6.66. The van der Waals surface area contributed by atoms with Gasteiger partial charge in [0.2, 0.25) is 9.84 Å². The van der Waals surface area contributed by atoms with E-state index in [1.54, 1.807) is 0 Å². The van der Waals surface area contributed by atoms with Crippen LogP contribution < -0.4 is 0 Å². The third kappa shape index (κ3) is 2.16. The summed E-state index contributed by atoms with van der Waals surface area (Å²) in [6.45, 7) is 2.92. The number of allylic oxidation sites excluding steroid dienone is 2. The van der Waals surface area contributed by atoms with Gasteiger partial charge in [0.1, 0.15) is 0 Å². The second-order valence-electron chi connectivity index (χ2n) is 4.60. The molecular weight excluding hydrogens is 280 g/mol. The van der Waals surface area contributed by atoms with Gasteiger partial charge in [-0.15, -0.1) is 0 Å². The number of carbonyl (C=O) groups excluding carboxylic acids is 2. The molecule has 6 heteroatoms. The lowest BCUT2D eigenvalue weighted by Crippen LogP contribution is -2.08. The van der Waals surface area contributed by atoms with Crippen molar-refractivity contribution in [2.24, 2.45) is 0 Å². The fourth-order valence-electron chi connectivity index (χ4n) is 2.09. The van der Waals surface area contributed by atoms with Crippen molar-refractivity contribution in [2.75, 3.05) is 7.11 Å². The normalized spacial score (nSPS) is 17.4. The first-order chi connectivity index (χ1) is 9.28. The Morgan fingerprint density at radius 3 is 2.50 bits per heavy atom. The van der Waals surface area contributed by atoms with E-state index in [0.717, 1.165) is 0 Å². The Bertz CT molecular complexity index is 741. The number of esters is 1. The van der Waals surface area contributed by atoms with E-state index in [1.807, 2.05) is 0 Å². The third-order valence-electron chi connectivity index (χ3n) is 3.47. The smallest absolute Gasteiger partial charge is 0.337 e. The van der Waals surface area contributed by atoms with Crippen molar-refractivity contribution in [3.05, 3.63) is 39.8 Å². The third-order valence-corrected chi connectivity index (χ3v) is 5.56. The van der Waals surface area contributed by atoms with E-state index in [-0.39, 0.29) is 33.1 Å². The summed E-state index contributed by atoms with van der Waals surface area (Å²) in [5.74, 6) is -0.824. The number of carbonyl (C=O) groups is 2. The van der Waals surface area contributed by atoms with E-state index in [0.29, 0.717) is 5.56 Å². The van der Waals surface area contributed by atoms with Crippen LogP contribution in [-0.2, 0) is 25.8 Å². The predicted molar refractivity (Wildman–Crippen MR) is 72.1 cm³/mol. The van der Waals surface area contributed by atoms with E-state index in [4.69, 9.17) is 0 Å². The molecule has 0 N–H and O–H groups in total. The average Bonchev–Trinajstić information content (AvgIpc) is 2.49. The first kappa shape index (κ1) is 14.5. The molecule has 0 spiro atoms. The molecule has 0 bridgehead atoms.